The standard InChI is InChI=1S/C18H18O4/c19-16(20)13-18(17(21)22,11-14-7-3-1-4-8-14)12-15-9-5-2-6-10-15/h1-10H,11-13H2,(H,19,20)(H,21,22)/p-2. The van der Waals surface area contributed by atoms with Crippen LogP contribution in [0.2, 0.25) is 0 Å². The Labute approximate surface area is 129 Å². The van der Waals surface area contributed by atoms with Gasteiger partial charge in [0.1, 0.15) is 0 Å². The maximum Gasteiger partial charge on any atom is 0.0486 e. The van der Waals surface area contributed by atoms with Crippen molar-refractivity contribution in [2.45, 2.75) is 19.3 Å². The van der Waals surface area contributed by atoms with Crippen molar-refractivity contribution in [3.8, 4) is 0 Å². The Morgan fingerprint density at radius 2 is 1.18 bits per heavy atom. The predicted octanol–water partition coefficient (Wildman–Crippen LogP) is 0.348. The van der Waals surface area contributed by atoms with Gasteiger partial charge in [0.2, 0.25) is 0 Å². The number of aliphatic carboxylic acids is 2. The minimum Gasteiger partial charge on any atom is -0.550 e. The minimum atomic E-state index is -1.53. The molecule has 0 aliphatic rings. The van der Waals surface area contributed by atoms with Crippen molar-refractivity contribution in [3.05, 3.63) is 71.8 Å². The highest BCUT2D eigenvalue weighted by atomic mass is 16.4. The monoisotopic (exact) mass is 296 g/mol. The lowest BCUT2D eigenvalue weighted by Gasteiger charge is -2.36. The number of carbonyl (C=O) groups excluding carboxylic acids is 2. The normalized spacial score (nSPS) is 11.1. The van der Waals surface area contributed by atoms with Gasteiger partial charge in [-0.25, -0.2) is 0 Å². The summed E-state index contributed by atoms with van der Waals surface area (Å²) in [7, 11) is 0. The van der Waals surface area contributed by atoms with E-state index in [0.29, 0.717) is 0 Å². The van der Waals surface area contributed by atoms with E-state index in [0.717, 1.165) is 11.1 Å². The molecular formula is C18H16O4-2. The molecule has 0 unspecified atom stereocenters. The first-order valence-corrected chi connectivity index (χ1v) is 7.01. The van der Waals surface area contributed by atoms with Gasteiger partial charge < -0.3 is 19.8 Å². The third kappa shape index (κ3) is 3.95. The highest BCUT2D eigenvalue weighted by Gasteiger charge is 2.32. The average molecular weight is 296 g/mol. The highest BCUT2D eigenvalue weighted by Crippen LogP contribution is 2.31. The fourth-order valence-electron chi connectivity index (χ4n) is 2.65. The van der Waals surface area contributed by atoms with Crippen LogP contribution in [0.5, 0.6) is 0 Å². The van der Waals surface area contributed by atoms with Gasteiger partial charge in [0.05, 0.1) is 0 Å². The molecule has 2 aromatic carbocycles. The van der Waals surface area contributed by atoms with Crippen LogP contribution in [0, 0.1) is 5.41 Å². The van der Waals surface area contributed by atoms with Crippen molar-refractivity contribution >= 4 is 11.9 Å². The summed E-state index contributed by atoms with van der Waals surface area (Å²) in [5.41, 5.74) is -0.0191. The first-order chi connectivity index (χ1) is 10.5. The van der Waals surface area contributed by atoms with Gasteiger partial charge in [-0.05, 0) is 30.4 Å². The van der Waals surface area contributed by atoms with E-state index in [1.807, 2.05) is 12.1 Å². The maximum absolute atomic E-state index is 11.8. The summed E-state index contributed by atoms with van der Waals surface area (Å²) in [5.74, 6) is -2.76. The van der Waals surface area contributed by atoms with E-state index in [1.165, 1.54) is 0 Å². The lowest BCUT2D eigenvalue weighted by molar-refractivity contribution is -0.328. The van der Waals surface area contributed by atoms with E-state index in [1.54, 1.807) is 48.5 Å². The smallest absolute Gasteiger partial charge is 0.0486 e. The lowest BCUT2D eigenvalue weighted by Crippen LogP contribution is -2.48. The molecule has 114 valence electrons. The molecule has 0 aromatic heterocycles. The van der Waals surface area contributed by atoms with Gasteiger partial charge in [-0.1, -0.05) is 60.7 Å². The zero-order chi connectivity index (χ0) is 16.0. The largest absolute Gasteiger partial charge is 0.550 e. The van der Waals surface area contributed by atoms with Crippen molar-refractivity contribution < 1.29 is 19.8 Å². The van der Waals surface area contributed by atoms with Crippen LogP contribution in [0.25, 0.3) is 0 Å². The molecule has 0 atom stereocenters. The van der Waals surface area contributed by atoms with E-state index < -0.39 is 23.8 Å². The summed E-state index contributed by atoms with van der Waals surface area (Å²) in [6.45, 7) is 0. The van der Waals surface area contributed by atoms with E-state index in [9.17, 15) is 19.8 Å². The number of carboxylic acid groups (broad SMARTS) is 2. The molecule has 0 N–H and O–H groups in total. The predicted molar refractivity (Wildman–Crippen MR) is 77.4 cm³/mol. The fraction of sp³-hybridized carbons (Fsp3) is 0.222. The van der Waals surface area contributed by atoms with Crippen molar-refractivity contribution in [1.29, 1.82) is 0 Å². The van der Waals surface area contributed by atoms with Crippen LogP contribution in [0.1, 0.15) is 17.5 Å². The van der Waals surface area contributed by atoms with Crippen LogP contribution in [-0.2, 0) is 22.4 Å². The Hall–Kier alpha value is -2.62. The van der Waals surface area contributed by atoms with Crippen LogP contribution >= 0.6 is 0 Å². The molecule has 0 radical (unpaired) electrons. The van der Waals surface area contributed by atoms with Crippen LogP contribution in [0.4, 0.5) is 0 Å². The van der Waals surface area contributed by atoms with E-state index in [4.69, 9.17) is 0 Å². The Morgan fingerprint density at radius 1 is 0.773 bits per heavy atom. The van der Waals surface area contributed by atoms with Crippen molar-refractivity contribution in [3.63, 3.8) is 0 Å². The minimum absolute atomic E-state index is 0.0824. The molecule has 4 nitrogen and oxygen atoms in total. The summed E-state index contributed by atoms with van der Waals surface area (Å²) >= 11 is 0. The Balaban J connectivity index is 2.37. The number of carbonyl (C=O) groups is 2. The quantitative estimate of drug-likeness (QED) is 0.738. The molecule has 22 heavy (non-hydrogen) atoms. The first kappa shape index (κ1) is 15.8. The van der Waals surface area contributed by atoms with Crippen molar-refractivity contribution in [2.24, 2.45) is 5.41 Å². The summed E-state index contributed by atoms with van der Waals surface area (Å²) in [6, 6.07) is 17.9. The molecule has 0 spiro atoms. The Morgan fingerprint density at radius 3 is 1.50 bits per heavy atom. The van der Waals surface area contributed by atoms with Gasteiger partial charge in [-0.3, -0.25) is 0 Å². The van der Waals surface area contributed by atoms with Crippen LogP contribution in [0.3, 0.4) is 0 Å². The Bertz CT molecular complexity index is 593. The second-order valence-corrected chi connectivity index (χ2v) is 5.44. The molecule has 0 aliphatic heterocycles. The molecular weight excluding hydrogens is 280 g/mol. The Kier molecular flexibility index (Phi) is 4.94. The second kappa shape index (κ2) is 6.89. The van der Waals surface area contributed by atoms with Gasteiger partial charge in [-0.15, -0.1) is 0 Å². The highest BCUT2D eigenvalue weighted by molar-refractivity contribution is 5.80. The van der Waals surface area contributed by atoms with E-state index in [-0.39, 0.29) is 12.8 Å². The number of carboxylic acids is 2. The molecule has 0 fully saturated rings. The van der Waals surface area contributed by atoms with Gasteiger partial charge >= 0.3 is 0 Å². The summed E-state index contributed by atoms with van der Waals surface area (Å²) < 4.78 is 0. The third-order valence-electron chi connectivity index (χ3n) is 3.69. The third-order valence-corrected chi connectivity index (χ3v) is 3.69. The van der Waals surface area contributed by atoms with Crippen LogP contribution in [0.15, 0.2) is 60.7 Å². The fourth-order valence-corrected chi connectivity index (χ4v) is 2.65. The molecule has 2 aromatic rings. The second-order valence-electron chi connectivity index (χ2n) is 5.44. The van der Waals surface area contributed by atoms with Gasteiger partial charge in [0.25, 0.3) is 0 Å². The van der Waals surface area contributed by atoms with Crippen LogP contribution < -0.4 is 10.2 Å². The molecule has 0 amide bonds. The zero-order valence-corrected chi connectivity index (χ0v) is 12.0. The molecule has 0 saturated heterocycles. The van der Waals surface area contributed by atoms with Crippen molar-refractivity contribution in [2.75, 3.05) is 0 Å². The number of benzene rings is 2. The van der Waals surface area contributed by atoms with Gasteiger partial charge in [0, 0.05) is 17.4 Å². The maximum atomic E-state index is 11.8. The number of hydrogen-bond donors (Lipinski definition) is 0. The first-order valence-electron chi connectivity index (χ1n) is 7.01. The average Bonchev–Trinajstić information content (AvgIpc) is 2.48. The van der Waals surface area contributed by atoms with Crippen LogP contribution in [-0.4, -0.2) is 11.9 Å². The molecule has 0 aliphatic carbocycles. The number of hydrogen-bond acceptors (Lipinski definition) is 4. The SMILES string of the molecule is O=C([O-])CC(Cc1ccccc1)(Cc1ccccc1)C(=O)[O-]. The summed E-state index contributed by atoms with van der Waals surface area (Å²) in [4.78, 5) is 22.9. The van der Waals surface area contributed by atoms with Gasteiger partial charge in [0.15, 0.2) is 0 Å². The molecule has 2 rings (SSSR count). The summed E-state index contributed by atoms with van der Waals surface area (Å²) in [6.07, 6.45) is -0.419. The topological polar surface area (TPSA) is 80.3 Å². The lowest BCUT2D eigenvalue weighted by atomic mass is 9.74. The summed E-state index contributed by atoms with van der Waals surface area (Å²) in [5, 5.41) is 22.9. The molecule has 0 bridgehead atoms. The van der Waals surface area contributed by atoms with E-state index >= 15 is 0 Å². The zero-order valence-electron chi connectivity index (χ0n) is 12.0. The number of rotatable bonds is 7. The molecule has 0 heterocycles. The van der Waals surface area contributed by atoms with Gasteiger partial charge in [-0.2, -0.15) is 0 Å². The molecule has 4 heteroatoms. The van der Waals surface area contributed by atoms with E-state index in [2.05, 4.69) is 0 Å². The molecule has 0 saturated carbocycles. The van der Waals surface area contributed by atoms with Crippen molar-refractivity contribution in [1.82, 2.24) is 0 Å².